The minimum Gasteiger partial charge on any atom is -0.489 e. The average Bonchev–Trinajstić information content (AvgIpc) is 3.40. The van der Waals surface area contributed by atoms with Crippen LogP contribution in [0.1, 0.15) is 43.0 Å². The Morgan fingerprint density at radius 3 is 2.83 bits per heavy atom. The third kappa shape index (κ3) is 4.70. The minimum absolute atomic E-state index is 0.0905. The van der Waals surface area contributed by atoms with Gasteiger partial charge in [0.15, 0.2) is 0 Å². The maximum atomic E-state index is 12.8. The number of aryl methyl sites for hydroxylation is 2. The van der Waals surface area contributed by atoms with E-state index in [0.717, 1.165) is 43.7 Å². The van der Waals surface area contributed by atoms with Crippen LogP contribution >= 0.6 is 0 Å². The van der Waals surface area contributed by atoms with Crippen LogP contribution in [0.15, 0.2) is 24.5 Å². The summed E-state index contributed by atoms with van der Waals surface area (Å²) >= 11 is 0. The van der Waals surface area contributed by atoms with Gasteiger partial charge in [-0.2, -0.15) is 0 Å². The Bertz CT molecular complexity index is 839. The Morgan fingerprint density at radius 1 is 1.31 bits per heavy atom. The standard InChI is InChI=1S/C21H29N5O3/c1-15-5-6-18(19(12-15)29-13-17-4-3-11-28-17)23-21(27)26-9-7-16(8-10-26)20-24-22-14-25(20)2/h5-6,12,14,16-17H,3-4,7-11,13H2,1-2H3,(H,23,27). The van der Waals surface area contributed by atoms with Crippen molar-refractivity contribution < 1.29 is 14.3 Å². The highest BCUT2D eigenvalue weighted by molar-refractivity contribution is 5.91. The lowest BCUT2D eigenvalue weighted by Crippen LogP contribution is -2.41. The molecule has 1 aromatic carbocycles. The molecular weight excluding hydrogens is 370 g/mol. The number of hydrogen-bond donors (Lipinski definition) is 1. The van der Waals surface area contributed by atoms with E-state index in [1.165, 1.54) is 0 Å². The van der Waals surface area contributed by atoms with Crippen molar-refractivity contribution in [1.82, 2.24) is 19.7 Å². The summed E-state index contributed by atoms with van der Waals surface area (Å²) in [6.45, 7) is 4.72. The molecule has 156 valence electrons. The highest BCUT2D eigenvalue weighted by atomic mass is 16.5. The third-order valence-electron chi connectivity index (χ3n) is 5.72. The summed E-state index contributed by atoms with van der Waals surface area (Å²) in [6.07, 6.45) is 5.74. The Kier molecular flexibility index (Phi) is 5.99. The van der Waals surface area contributed by atoms with E-state index >= 15 is 0 Å². The van der Waals surface area contributed by atoms with Crippen molar-refractivity contribution in [1.29, 1.82) is 0 Å². The predicted octanol–water partition coefficient (Wildman–Crippen LogP) is 3.09. The van der Waals surface area contributed by atoms with Gasteiger partial charge in [0.1, 0.15) is 24.5 Å². The molecule has 0 radical (unpaired) electrons. The zero-order valence-corrected chi connectivity index (χ0v) is 17.1. The molecule has 0 bridgehead atoms. The van der Waals surface area contributed by atoms with Crippen LogP contribution in [0.25, 0.3) is 0 Å². The van der Waals surface area contributed by atoms with Crippen molar-refractivity contribution in [2.45, 2.75) is 44.6 Å². The molecule has 8 nitrogen and oxygen atoms in total. The smallest absolute Gasteiger partial charge is 0.321 e. The summed E-state index contributed by atoms with van der Waals surface area (Å²) in [5, 5.41) is 11.2. The van der Waals surface area contributed by atoms with E-state index in [-0.39, 0.29) is 12.1 Å². The van der Waals surface area contributed by atoms with Gasteiger partial charge in [-0.1, -0.05) is 6.07 Å². The van der Waals surface area contributed by atoms with Gasteiger partial charge in [0.05, 0.1) is 11.8 Å². The van der Waals surface area contributed by atoms with Gasteiger partial charge in [0.25, 0.3) is 0 Å². The summed E-state index contributed by atoms with van der Waals surface area (Å²) in [7, 11) is 1.96. The molecule has 1 atom stereocenters. The first-order valence-electron chi connectivity index (χ1n) is 10.3. The Morgan fingerprint density at radius 2 is 2.14 bits per heavy atom. The van der Waals surface area contributed by atoms with Gasteiger partial charge in [-0.3, -0.25) is 0 Å². The maximum Gasteiger partial charge on any atom is 0.321 e. The number of benzene rings is 1. The van der Waals surface area contributed by atoms with Crippen LogP contribution in [0.4, 0.5) is 10.5 Å². The van der Waals surface area contributed by atoms with Crippen LogP contribution in [0, 0.1) is 6.92 Å². The summed E-state index contributed by atoms with van der Waals surface area (Å²) < 4.78 is 13.6. The molecule has 1 unspecified atom stereocenters. The SMILES string of the molecule is Cc1ccc(NC(=O)N2CCC(c3nncn3C)CC2)c(OCC2CCCO2)c1. The van der Waals surface area contributed by atoms with E-state index < -0.39 is 0 Å². The summed E-state index contributed by atoms with van der Waals surface area (Å²) in [6, 6.07) is 5.76. The molecule has 1 N–H and O–H groups in total. The molecule has 2 aliphatic rings. The number of likely N-dealkylation sites (tertiary alicyclic amines) is 1. The number of rotatable bonds is 5. The molecule has 0 aliphatic carbocycles. The number of piperidine rings is 1. The number of carbonyl (C=O) groups excluding carboxylic acids is 1. The number of anilines is 1. The largest absolute Gasteiger partial charge is 0.489 e. The number of nitrogens with one attached hydrogen (secondary N) is 1. The van der Waals surface area contributed by atoms with Crippen LogP contribution in [-0.2, 0) is 11.8 Å². The van der Waals surface area contributed by atoms with E-state index in [0.29, 0.717) is 37.1 Å². The fourth-order valence-electron chi connectivity index (χ4n) is 4.01. The van der Waals surface area contributed by atoms with Crippen LogP contribution in [0.2, 0.25) is 0 Å². The Hall–Kier alpha value is -2.61. The van der Waals surface area contributed by atoms with Gasteiger partial charge in [0.2, 0.25) is 0 Å². The average molecular weight is 399 g/mol. The van der Waals surface area contributed by atoms with Crippen molar-refractivity contribution in [2.24, 2.45) is 7.05 Å². The van der Waals surface area contributed by atoms with Crippen molar-refractivity contribution >= 4 is 11.7 Å². The zero-order chi connectivity index (χ0) is 20.2. The van der Waals surface area contributed by atoms with E-state index in [1.807, 2.05) is 41.6 Å². The molecule has 29 heavy (non-hydrogen) atoms. The number of carbonyl (C=O) groups is 1. The second-order valence-electron chi connectivity index (χ2n) is 7.94. The van der Waals surface area contributed by atoms with Crippen LogP contribution < -0.4 is 10.1 Å². The van der Waals surface area contributed by atoms with E-state index in [1.54, 1.807) is 6.33 Å². The van der Waals surface area contributed by atoms with Crippen LogP contribution in [0.5, 0.6) is 5.75 Å². The van der Waals surface area contributed by atoms with Crippen LogP contribution in [0.3, 0.4) is 0 Å². The number of amides is 2. The van der Waals surface area contributed by atoms with E-state index in [2.05, 4.69) is 15.5 Å². The number of nitrogens with zero attached hydrogens (tertiary/aromatic N) is 4. The molecule has 0 saturated carbocycles. The van der Waals surface area contributed by atoms with Crippen molar-refractivity contribution in [3.63, 3.8) is 0 Å². The summed E-state index contributed by atoms with van der Waals surface area (Å²) in [5.74, 6) is 2.03. The Balaban J connectivity index is 1.35. The minimum atomic E-state index is -0.0905. The summed E-state index contributed by atoms with van der Waals surface area (Å²) in [4.78, 5) is 14.7. The van der Waals surface area contributed by atoms with Crippen molar-refractivity contribution in [3.8, 4) is 5.75 Å². The summed E-state index contributed by atoms with van der Waals surface area (Å²) in [5.41, 5.74) is 1.80. The number of hydrogen-bond acceptors (Lipinski definition) is 5. The number of aromatic nitrogens is 3. The lowest BCUT2D eigenvalue weighted by molar-refractivity contribution is 0.0682. The molecule has 0 spiro atoms. The van der Waals surface area contributed by atoms with Gasteiger partial charge in [-0.25, -0.2) is 4.79 Å². The molecule has 2 aromatic rings. The van der Waals surface area contributed by atoms with Gasteiger partial charge in [-0.05, 0) is 50.3 Å². The molecule has 4 rings (SSSR count). The van der Waals surface area contributed by atoms with Crippen molar-refractivity contribution in [2.75, 3.05) is 31.6 Å². The van der Waals surface area contributed by atoms with Gasteiger partial charge < -0.3 is 24.3 Å². The molecule has 2 aliphatic heterocycles. The lowest BCUT2D eigenvalue weighted by atomic mass is 9.96. The highest BCUT2D eigenvalue weighted by Crippen LogP contribution is 2.29. The second-order valence-corrected chi connectivity index (χ2v) is 7.94. The first-order valence-corrected chi connectivity index (χ1v) is 10.3. The molecule has 1 aromatic heterocycles. The lowest BCUT2D eigenvalue weighted by Gasteiger charge is -2.31. The normalized spacial score (nSPS) is 20.1. The predicted molar refractivity (Wildman–Crippen MR) is 109 cm³/mol. The van der Waals surface area contributed by atoms with Gasteiger partial charge >= 0.3 is 6.03 Å². The molecular formula is C21H29N5O3. The fraction of sp³-hybridized carbons (Fsp3) is 0.571. The Labute approximate surface area is 171 Å². The molecule has 8 heteroatoms. The third-order valence-corrected chi connectivity index (χ3v) is 5.72. The number of ether oxygens (including phenoxy) is 2. The van der Waals surface area contributed by atoms with Gasteiger partial charge in [0, 0.05) is 32.7 Å². The first-order chi connectivity index (χ1) is 14.1. The first kappa shape index (κ1) is 19.7. The topological polar surface area (TPSA) is 81.5 Å². The fourth-order valence-corrected chi connectivity index (χ4v) is 4.01. The zero-order valence-electron chi connectivity index (χ0n) is 17.1. The van der Waals surface area contributed by atoms with E-state index in [9.17, 15) is 4.79 Å². The number of urea groups is 1. The molecule has 2 fully saturated rings. The maximum absolute atomic E-state index is 12.8. The second kappa shape index (κ2) is 8.82. The monoisotopic (exact) mass is 399 g/mol. The van der Waals surface area contributed by atoms with Crippen molar-refractivity contribution in [3.05, 3.63) is 35.9 Å². The van der Waals surface area contributed by atoms with E-state index in [4.69, 9.17) is 9.47 Å². The highest BCUT2D eigenvalue weighted by Gasteiger charge is 2.27. The quantitative estimate of drug-likeness (QED) is 0.836. The molecule has 3 heterocycles. The molecule has 2 saturated heterocycles. The molecule has 2 amide bonds. The van der Waals surface area contributed by atoms with Gasteiger partial charge in [-0.15, -0.1) is 10.2 Å². The van der Waals surface area contributed by atoms with Crippen LogP contribution in [-0.4, -0.2) is 58.1 Å².